The monoisotopic (exact) mass is 309 g/mol. The standard InChI is InChI=1S/C15H16ClNO2S/c1-17(11-14-9-5-6-10-15(14)16)20(18,19)12-13-7-3-2-4-8-13/h2-10H,11-12H2,1H3. The molecule has 0 aliphatic heterocycles. The minimum atomic E-state index is -3.35. The molecule has 0 bridgehead atoms. The van der Waals surface area contributed by atoms with Crippen LogP contribution in [-0.2, 0) is 22.3 Å². The van der Waals surface area contributed by atoms with Crippen LogP contribution in [0.4, 0.5) is 0 Å². The van der Waals surface area contributed by atoms with Gasteiger partial charge in [-0.15, -0.1) is 0 Å². The highest BCUT2D eigenvalue weighted by Gasteiger charge is 2.19. The van der Waals surface area contributed by atoms with E-state index in [0.29, 0.717) is 5.02 Å². The molecule has 0 heterocycles. The second kappa shape index (κ2) is 6.39. The fourth-order valence-electron chi connectivity index (χ4n) is 1.86. The normalized spacial score (nSPS) is 11.8. The van der Waals surface area contributed by atoms with Crippen molar-refractivity contribution in [3.8, 4) is 0 Å². The first-order chi connectivity index (χ1) is 9.49. The van der Waals surface area contributed by atoms with Gasteiger partial charge in [-0.1, -0.05) is 60.1 Å². The summed E-state index contributed by atoms with van der Waals surface area (Å²) < 4.78 is 25.9. The molecule has 0 aromatic heterocycles. The molecule has 2 aromatic rings. The maximum Gasteiger partial charge on any atom is 0.218 e. The van der Waals surface area contributed by atoms with E-state index in [0.717, 1.165) is 11.1 Å². The predicted molar refractivity (Wildman–Crippen MR) is 82.0 cm³/mol. The predicted octanol–water partition coefficient (Wildman–Crippen LogP) is 3.30. The van der Waals surface area contributed by atoms with Gasteiger partial charge in [-0.2, -0.15) is 0 Å². The Balaban J connectivity index is 2.12. The summed E-state index contributed by atoms with van der Waals surface area (Å²) in [4.78, 5) is 0. The van der Waals surface area contributed by atoms with Crippen molar-refractivity contribution in [3.63, 3.8) is 0 Å². The van der Waals surface area contributed by atoms with Gasteiger partial charge >= 0.3 is 0 Å². The van der Waals surface area contributed by atoms with Crippen LogP contribution in [-0.4, -0.2) is 19.8 Å². The molecule has 0 N–H and O–H groups in total. The fraction of sp³-hybridized carbons (Fsp3) is 0.200. The Bertz CT molecular complexity index is 671. The first-order valence-corrected chi connectivity index (χ1v) is 8.19. The van der Waals surface area contributed by atoms with E-state index in [-0.39, 0.29) is 12.3 Å². The van der Waals surface area contributed by atoms with Gasteiger partial charge < -0.3 is 0 Å². The lowest BCUT2D eigenvalue weighted by molar-refractivity contribution is 0.466. The van der Waals surface area contributed by atoms with Crippen LogP contribution in [0, 0.1) is 0 Å². The molecule has 0 unspecified atom stereocenters. The summed E-state index contributed by atoms with van der Waals surface area (Å²) in [5.74, 6) is -0.00517. The molecule has 2 aromatic carbocycles. The van der Waals surface area contributed by atoms with E-state index < -0.39 is 10.0 Å². The minimum Gasteiger partial charge on any atom is -0.212 e. The van der Waals surface area contributed by atoms with Crippen LogP contribution in [0.1, 0.15) is 11.1 Å². The van der Waals surface area contributed by atoms with Gasteiger partial charge in [0.1, 0.15) is 0 Å². The van der Waals surface area contributed by atoms with Gasteiger partial charge in [-0.05, 0) is 17.2 Å². The zero-order valence-electron chi connectivity index (χ0n) is 11.2. The molecule has 0 radical (unpaired) electrons. The zero-order valence-corrected chi connectivity index (χ0v) is 12.7. The summed E-state index contributed by atoms with van der Waals surface area (Å²) in [7, 11) is -1.78. The lowest BCUT2D eigenvalue weighted by atomic mass is 10.2. The molecule has 20 heavy (non-hydrogen) atoms. The van der Waals surface area contributed by atoms with Crippen LogP contribution in [0.25, 0.3) is 0 Å². The van der Waals surface area contributed by atoms with Gasteiger partial charge in [0.15, 0.2) is 0 Å². The van der Waals surface area contributed by atoms with Gasteiger partial charge in [0.2, 0.25) is 10.0 Å². The average molecular weight is 310 g/mol. The minimum absolute atomic E-state index is 0.00517. The largest absolute Gasteiger partial charge is 0.218 e. The Morgan fingerprint density at radius 2 is 1.60 bits per heavy atom. The van der Waals surface area contributed by atoms with Crippen LogP contribution in [0.15, 0.2) is 54.6 Å². The molecule has 3 nitrogen and oxygen atoms in total. The third-order valence-electron chi connectivity index (χ3n) is 3.02. The Kier molecular flexibility index (Phi) is 4.81. The highest BCUT2D eigenvalue weighted by molar-refractivity contribution is 7.88. The van der Waals surface area contributed by atoms with Crippen LogP contribution in [0.5, 0.6) is 0 Å². The summed E-state index contributed by atoms with van der Waals surface area (Å²) in [5.41, 5.74) is 1.58. The van der Waals surface area contributed by atoms with Crippen LogP contribution in [0.2, 0.25) is 5.02 Å². The summed E-state index contributed by atoms with van der Waals surface area (Å²) in [6.45, 7) is 0.273. The zero-order chi connectivity index (χ0) is 14.6. The highest BCUT2D eigenvalue weighted by atomic mass is 35.5. The Hall–Kier alpha value is -1.36. The molecule has 0 saturated heterocycles. The SMILES string of the molecule is CN(Cc1ccccc1Cl)S(=O)(=O)Cc1ccccc1. The molecule has 5 heteroatoms. The number of hydrogen-bond acceptors (Lipinski definition) is 2. The number of sulfonamides is 1. The molecule has 0 amide bonds. The Labute approximate surface area is 124 Å². The molecule has 106 valence electrons. The first kappa shape index (κ1) is 15.0. The van der Waals surface area contributed by atoms with Crippen molar-refractivity contribution >= 4 is 21.6 Å². The van der Waals surface area contributed by atoms with Gasteiger partial charge in [-0.25, -0.2) is 12.7 Å². The molecule has 0 atom stereocenters. The molecule has 0 saturated carbocycles. The topological polar surface area (TPSA) is 37.4 Å². The number of hydrogen-bond donors (Lipinski definition) is 0. The maximum atomic E-state index is 12.3. The van der Waals surface area contributed by atoms with Crippen molar-refractivity contribution in [2.24, 2.45) is 0 Å². The van der Waals surface area contributed by atoms with Crippen molar-refractivity contribution < 1.29 is 8.42 Å². The lowest BCUT2D eigenvalue weighted by Gasteiger charge is -2.18. The summed E-state index contributed by atoms with van der Waals surface area (Å²) in [6.07, 6.45) is 0. The lowest BCUT2D eigenvalue weighted by Crippen LogP contribution is -2.27. The van der Waals surface area contributed by atoms with Crippen molar-refractivity contribution in [2.45, 2.75) is 12.3 Å². The van der Waals surface area contributed by atoms with E-state index in [1.165, 1.54) is 4.31 Å². The number of benzene rings is 2. The smallest absolute Gasteiger partial charge is 0.212 e. The number of halogens is 1. The maximum absolute atomic E-state index is 12.3. The van der Waals surface area contributed by atoms with Crippen LogP contribution in [0.3, 0.4) is 0 Å². The van der Waals surface area contributed by atoms with Crippen molar-refractivity contribution in [1.82, 2.24) is 4.31 Å². The highest BCUT2D eigenvalue weighted by Crippen LogP contribution is 2.19. The van der Waals surface area contributed by atoms with E-state index >= 15 is 0 Å². The van der Waals surface area contributed by atoms with E-state index in [2.05, 4.69) is 0 Å². The van der Waals surface area contributed by atoms with E-state index in [4.69, 9.17) is 11.6 Å². The van der Waals surface area contributed by atoms with Crippen LogP contribution >= 0.6 is 11.6 Å². The first-order valence-electron chi connectivity index (χ1n) is 6.20. The van der Waals surface area contributed by atoms with Crippen LogP contribution < -0.4 is 0 Å². The molecule has 0 spiro atoms. The fourth-order valence-corrected chi connectivity index (χ4v) is 3.23. The number of nitrogens with zero attached hydrogens (tertiary/aromatic N) is 1. The number of rotatable bonds is 5. The third kappa shape index (κ3) is 3.82. The molecule has 0 fully saturated rings. The van der Waals surface area contributed by atoms with Gasteiger partial charge in [-0.3, -0.25) is 0 Å². The van der Waals surface area contributed by atoms with Gasteiger partial charge in [0.25, 0.3) is 0 Å². The molecular formula is C15H16ClNO2S. The van der Waals surface area contributed by atoms with E-state index in [1.54, 1.807) is 25.2 Å². The Morgan fingerprint density at radius 3 is 2.25 bits per heavy atom. The summed E-state index contributed by atoms with van der Waals surface area (Å²) in [5, 5.41) is 0.578. The third-order valence-corrected chi connectivity index (χ3v) is 5.16. The molecular weight excluding hydrogens is 294 g/mol. The quantitative estimate of drug-likeness (QED) is 0.850. The van der Waals surface area contributed by atoms with Gasteiger partial charge in [0.05, 0.1) is 5.75 Å². The average Bonchev–Trinajstić information content (AvgIpc) is 2.42. The molecule has 0 aliphatic rings. The summed E-state index contributed by atoms with van der Waals surface area (Å²) >= 11 is 6.06. The van der Waals surface area contributed by atoms with Gasteiger partial charge in [0, 0.05) is 18.6 Å². The van der Waals surface area contributed by atoms with Crippen molar-refractivity contribution in [1.29, 1.82) is 0 Å². The van der Waals surface area contributed by atoms with Crippen molar-refractivity contribution in [3.05, 3.63) is 70.7 Å². The second-order valence-corrected chi connectivity index (χ2v) is 7.07. The molecule has 0 aliphatic carbocycles. The van der Waals surface area contributed by atoms with Crippen molar-refractivity contribution in [2.75, 3.05) is 7.05 Å². The second-order valence-electron chi connectivity index (χ2n) is 4.59. The van der Waals surface area contributed by atoms with E-state index in [9.17, 15) is 8.42 Å². The Morgan fingerprint density at radius 1 is 1.00 bits per heavy atom. The molecule has 2 rings (SSSR count). The van der Waals surface area contributed by atoms with E-state index in [1.807, 2.05) is 36.4 Å². The summed E-state index contributed by atoms with van der Waals surface area (Å²) in [6, 6.07) is 16.4.